The molecule has 0 aliphatic carbocycles. The van der Waals surface area contributed by atoms with Crippen LogP contribution < -0.4 is 0 Å². The van der Waals surface area contributed by atoms with Crippen molar-refractivity contribution < 1.29 is 28.6 Å². The molecule has 0 aromatic rings. The number of hydrogen-bond donors (Lipinski definition) is 0. The summed E-state index contributed by atoms with van der Waals surface area (Å²) in [6, 6.07) is 0. The van der Waals surface area contributed by atoms with E-state index in [2.05, 4.69) is 179 Å². The number of carbonyl (C=O) groups is 3. The van der Waals surface area contributed by atoms with Crippen LogP contribution in [0.15, 0.2) is 158 Å². The van der Waals surface area contributed by atoms with Crippen LogP contribution in [0.25, 0.3) is 0 Å². The van der Waals surface area contributed by atoms with E-state index in [1.807, 2.05) is 0 Å². The van der Waals surface area contributed by atoms with Crippen molar-refractivity contribution >= 4 is 17.9 Å². The molecule has 6 heteroatoms. The first-order valence-electron chi connectivity index (χ1n) is 29.0. The molecule has 1 unspecified atom stereocenters. The average molecular weight is 1010 g/mol. The first-order chi connectivity index (χ1) is 36.0. The lowest BCUT2D eigenvalue weighted by Crippen LogP contribution is -2.30. The highest BCUT2D eigenvalue weighted by atomic mass is 16.6. The molecular weight excluding hydrogens is 901 g/mol. The van der Waals surface area contributed by atoms with Gasteiger partial charge >= 0.3 is 17.9 Å². The molecule has 0 saturated carbocycles. The second-order valence-electron chi connectivity index (χ2n) is 18.4. The van der Waals surface area contributed by atoms with Gasteiger partial charge < -0.3 is 14.2 Å². The number of carbonyl (C=O) groups excluding carboxylic acids is 3. The molecule has 0 heterocycles. The number of rotatable bonds is 50. The van der Waals surface area contributed by atoms with Crippen LogP contribution in [-0.4, -0.2) is 37.2 Å². The summed E-state index contributed by atoms with van der Waals surface area (Å²) in [6.45, 7) is 6.28. The molecule has 6 nitrogen and oxygen atoms in total. The van der Waals surface area contributed by atoms with Gasteiger partial charge in [0.1, 0.15) is 13.2 Å². The molecule has 0 spiro atoms. The van der Waals surface area contributed by atoms with Gasteiger partial charge in [-0.05, 0) is 141 Å². The van der Waals surface area contributed by atoms with E-state index in [-0.39, 0.29) is 44.0 Å². The molecule has 0 amide bonds. The highest BCUT2D eigenvalue weighted by Crippen LogP contribution is 2.12. The van der Waals surface area contributed by atoms with Crippen LogP contribution in [0.1, 0.15) is 226 Å². The second-order valence-corrected chi connectivity index (χ2v) is 18.4. The Morgan fingerprint density at radius 1 is 0.288 bits per heavy atom. The summed E-state index contributed by atoms with van der Waals surface area (Å²) in [6.07, 6.45) is 86.6. The largest absolute Gasteiger partial charge is 0.462 e. The van der Waals surface area contributed by atoms with Gasteiger partial charge in [-0.2, -0.15) is 0 Å². The number of unbranched alkanes of at least 4 members (excludes halogenated alkanes) is 13. The van der Waals surface area contributed by atoms with Gasteiger partial charge in [0.15, 0.2) is 6.10 Å². The van der Waals surface area contributed by atoms with Crippen molar-refractivity contribution in [3.63, 3.8) is 0 Å². The van der Waals surface area contributed by atoms with E-state index in [0.29, 0.717) is 12.8 Å². The van der Waals surface area contributed by atoms with Gasteiger partial charge in [0.05, 0.1) is 0 Å². The summed E-state index contributed by atoms with van der Waals surface area (Å²) in [5.41, 5.74) is 0. The lowest BCUT2D eigenvalue weighted by molar-refractivity contribution is -0.167. The van der Waals surface area contributed by atoms with Crippen LogP contribution in [-0.2, 0) is 28.6 Å². The summed E-state index contributed by atoms with van der Waals surface area (Å²) >= 11 is 0. The maximum Gasteiger partial charge on any atom is 0.306 e. The van der Waals surface area contributed by atoms with Crippen molar-refractivity contribution in [1.29, 1.82) is 0 Å². The maximum absolute atomic E-state index is 12.9. The summed E-state index contributed by atoms with van der Waals surface area (Å²) < 4.78 is 16.8. The van der Waals surface area contributed by atoms with Crippen molar-refractivity contribution in [1.82, 2.24) is 0 Å². The zero-order valence-electron chi connectivity index (χ0n) is 46.6. The van der Waals surface area contributed by atoms with Crippen LogP contribution in [0.2, 0.25) is 0 Å². The predicted molar refractivity (Wildman–Crippen MR) is 315 cm³/mol. The van der Waals surface area contributed by atoms with E-state index >= 15 is 0 Å². The van der Waals surface area contributed by atoms with Gasteiger partial charge in [0, 0.05) is 19.3 Å². The third-order valence-corrected chi connectivity index (χ3v) is 11.5. The zero-order valence-corrected chi connectivity index (χ0v) is 46.6. The Morgan fingerprint density at radius 3 is 0.904 bits per heavy atom. The molecule has 0 saturated heterocycles. The molecule has 0 N–H and O–H groups in total. The normalized spacial score (nSPS) is 13.3. The van der Waals surface area contributed by atoms with Crippen LogP contribution >= 0.6 is 0 Å². The van der Waals surface area contributed by atoms with Gasteiger partial charge in [0.2, 0.25) is 0 Å². The SMILES string of the molecule is CC/C=C\C/C=C\C/C=C\C/C=C\C/C=C\CCCCCC(=O)OCC(COC(=O)CCC/C=C\C/C=C\C/C=C\C/C=C\C/C=C\CC)OC(=O)CCCCCCCC/C=C\C/C=C\C/C=C\CCCCC. The second kappa shape index (κ2) is 59.6. The molecular formula is C67H104O6. The lowest BCUT2D eigenvalue weighted by Gasteiger charge is -2.18. The van der Waals surface area contributed by atoms with Gasteiger partial charge in [0.25, 0.3) is 0 Å². The summed E-state index contributed by atoms with van der Waals surface area (Å²) in [4.78, 5) is 38.2. The number of ether oxygens (including phenoxy) is 3. The van der Waals surface area contributed by atoms with Crippen LogP contribution in [0.3, 0.4) is 0 Å². The van der Waals surface area contributed by atoms with Crippen LogP contribution in [0.4, 0.5) is 0 Å². The van der Waals surface area contributed by atoms with Gasteiger partial charge in [-0.3, -0.25) is 14.4 Å². The third kappa shape index (κ3) is 57.8. The molecule has 0 aromatic heterocycles. The highest BCUT2D eigenvalue weighted by molar-refractivity contribution is 5.71. The van der Waals surface area contributed by atoms with Crippen LogP contribution in [0.5, 0.6) is 0 Å². The third-order valence-electron chi connectivity index (χ3n) is 11.5. The van der Waals surface area contributed by atoms with E-state index in [1.165, 1.54) is 38.5 Å². The van der Waals surface area contributed by atoms with Crippen molar-refractivity contribution in [2.75, 3.05) is 13.2 Å². The van der Waals surface area contributed by atoms with E-state index in [1.54, 1.807) is 0 Å². The number of esters is 3. The number of allylic oxidation sites excluding steroid dienone is 26. The first kappa shape index (κ1) is 68.0. The fraction of sp³-hybridized carbons (Fsp3) is 0.567. The van der Waals surface area contributed by atoms with Gasteiger partial charge in [-0.1, -0.05) is 224 Å². The fourth-order valence-corrected chi connectivity index (χ4v) is 7.22. The molecule has 0 fully saturated rings. The van der Waals surface area contributed by atoms with E-state index in [9.17, 15) is 14.4 Å². The Bertz CT molecular complexity index is 1670. The van der Waals surface area contributed by atoms with Crippen molar-refractivity contribution in [3.05, 3.63) is 158 Å². The van der Waals surface area contributed by atoms with Gasteiger partial charge in [-0.25, -0.2) is 0 Å². The minimum Gasteiger partial charge on any atom is -0.462 e. The molecule has 0 aliphatic heterocycles. The van der Waals surface area contributed by atoms with Gasteiger partial charge in [-0.15, -0.1) is 0 Å². The Morgan fingerprint density at radius 2 is 0.548 bits per heavy atom. The number of hydrogen-bond acceptors (Lipinski definition) is 6. The quantitative estimate of drug-likeness (QED) is 0.0261. The molecule has 0 aliphatic rings. The molecule has 1 atom stereocenters. The smallest absolute Gasteiger partial charge is 0.306 e. The van der Waals surface area contributed by atoms with E-state index < -0.39 is 6.10 Å². The zero-order chi connectivity index (χ0) is 52.9. The standard InChI is InChI=1S/C67H104O6/c1-4-7-10-13-16-19-22-25-28-31-33-36-39-42-45-48-51-54-57-60-66(69)72-63-64(62-71-65(68)59-56-53-50-47-44-41-38-35-30-27-24-21-18-15-12-9-6-3)73-67(70)61-58-55-52-49-46-43-40-37-34-32-29-26-23-20-17-14-11-8-5-2/h7,9-10,12,16-21,25-30,33-34,36-38,41-42,45,47,50,64H,4-6,8,11,13-15,22-24,31-32,35,39-40,43-44,46,48-49,51-63H2,1-3H3/b10-7-,12-9-,19-16-,20-17-,21-18-,28-25-,29-26-,30-27-,36-33-,37-34-,41-38-,45-42-,50-47-. The van der Waals surface area contributed by atoms with Crippen molar-refractivity contribution in [2.45, 2.75) is 232 Å². The molecule has 0 bridgehead atoms. The molecule has 0 aromatic carbocycles. The molecule has 73 heavy (non-hydrogen) atoms. The summed E-state index contributed by atoms with van der Waals surface area (Å²) in [7, 11) is 0. The van der Waals surface area contributed by atoms with E-state index in [4.69, 9.17) is 14.2 Å². The van der Waals surface area contributed by atoms with Crippen molar-refractivity contribution in [2.24, 2.45) is 0 Å². The monoisotopic (exact) mass is 1000 g/mol. The average Bonchev–Trinajstić information content (AvgIpc) is 3.39. The topological polar surface area (TPSA) is 78.9 Å². The Balaban J connectivity index is 4.60. The minimum absolute atomic E-state index is 0.126. The predicted octanol–water partition coefficient (Wildman–Crippen LogP) is 19.8. The highest BCUT2D eigenvalue weighted by Gasteiger charge is 2.19. The Kier molecular flexibility index (Phi) is 55.5. The Hall–Kier alpha value is -4.97. The fourth-order valence-electron chi connectivity index (χ4n) is 7.22. The minimum atomic E-state index is -0.831. The summed E-state index contributed by atoms with van der Waals surface area (Å²) in [5.74, 6) is -1.04. The molecule has 0 rings (SSSR count). The molecule has 408 valence electrons. The summed E-state index contributed by atoms with van der Waals surface area (Å²) in [5, 5.41) is 0. The first-order valence-corrected chi connectivity index (χ1v) is 29.0. The van der Waals surface area contributed by atoms with Crippen LogP contribution in [0, 0.1) is 0 Å². The molecule has 0 radical (unpaired) electrons. The lowest BCUT2D eigenvalue weighted by atomic mass is 10.1. The maximum atomic E-state index is 12.9. The van der Waals surface area contributed by atoms with Crippen molar-refractivity contribution in [3.8, 4) is 0 Å². The van der Waals surface area contributed by atoms with E-state index in [0.717, 1.165) is 141 Å². The Labute approximate surface area is 448 Å².